The number of nitrogens with two attached hydrogens (primary N) is 1. The summed E-state index contributed by atoms with van der Waals surface area (Å²) in [5.41, 5.74) is 9.14. The van der Waals surface area contributed by atoms with Gasteiger partial charge in [-0.15, -0.1) is 0 Å². The Bertz CT molecular complexity index is 1270. The smallest absolute Gasteiger partial charge is 0.279 e. The van der Waals surface area contributed by atoms with E-state index in [0.29, 0.717) is 36.2 Å². The highest BCUT2D eigenvalue weighted by Crippen LogP contribution is 2.33. The molecule has 3 heterocycles. The summed E-state index contributed by atoms with van der Waals surface area (Å²) in [7, 11) is 1.68. The van der Waals surface area contributed by atoms with E-state index in [0.717, 1.165) is 17.5 Å². The van der Waals surface area contributed by atoms with Crippen molar-refractivity contribution in [2.24, 2.45) is 18.7 Å². The zero-order valence-corrected chi connectivity index (χ0v) is 20.1. The molecule has 8 heteroatoms. The molecule has 1 unspecified atom stereocenters. The zero-order valence-electron chi connectivity index (χ0n) is 20.1. The molecule has 1 amide bonds. The Morgan fingerprint density at radius 3 is 2.57 bits per heavy atom. The van der Waals surface area contributed by atoms with E-state index in [-0.39, 0.29) is 23.2 Å². The van der Waals surface area contributed by atoms with Crippen LogP contribution in [0.3, 0.4) is 0 Å². The molecule has 0 radical (unpaired) electrons. The average Bonchev–Trinajstić information content (AvgIpc) is 3.22. The predicted molar refractivity (Wildman–Crippen MR) is 137 cm³/mol. The van der Waals surface area contributed by atoms with Crippen LogP contribution in [0.5, 0.6) is 0 Å². The number of rotatable bonds is 7. The molecule has 0 spiro atoms. The number of benzene rings is 1. The molecule has 3 aromatic rings. The van der Waals surface area contributed by atoms with Gasteiger partial charge in [-0.2, -0.15) is 0 Å². The number of nitrogens with one attached hydrogen (secondary N) is 1. The van der Waals surface area contributed by atoms with Gasteiger partial charge in [0.15, 0.2) is 0 Å². The van der Waals surface area contributed by atoms with Crippen molar-refractivity contribution in [1.29, 1.82) is 0 Å². The zero-order chi connectivity index (χ0) is 24.4. The molecule has 5 rings (SSSR count). The third-order valence-electron chi connectivity index (χ3n) is 7.20. The molecule has 182 valence electrons. The van der Waals surface area contributed by atoms with Gasteiger partial charge in [-0.1, -0.05) is 50.3 Å². The third-order valence-corrected chi connectivity index (χ3v) is 7.20. The maximum atomic E-state index is 13.7. The number of pyridine rings is 1. The number of hydrogen-bond acceptors (Lipinski definition) is 6. The first-order valence-corrected chi connectivity index (χ1v) is 12.4. The van der Waals surface area contributed by atoms with Crippen molar-refractivity contribution in [2.75, 3.05) is 16.8 Å². The summed E-state index contributed by atoms with van der Waals surface area (Å²) in [4.78, 5) is 37.4. The summed E-state index contributed by atoms with van der Waals surface area (Å²) in [5.74, 6) is 0.925. The molecular weight excluding hydrogens is 440 g/mol. The fraction of sp³-hybridized carbons (Fsp3) is 0.407. The highest BCUT2D eigenvalue weighted by atomic mass is 16.2. The number of amides is 1. The van der Waals surface area contributed by atoms with Crippen LogP contribution >= 0.6 is 0 Å². The van der Waals surface area contributed by atoms with Crippen molar-refractivity contribution in [2.45, 2.75) is 51.1 Å². The van der Waals surface area contributed by atoms with E-state index in [2.05, 4.69) is 10.3 Å². The summed E-state index contributed by atoms with van der Waals surface area (Å²) in [6.45, 7) is 0.864. The van der Waals surface area contributed by atoms with Crippen LogP contribution in [0, 0.1) is 5.92 Å². The van der Waals surface area contributed by atoms with Crippen molar-refractivity contribution < 1.29 is 4.79 Å². The lowest BCUT2D eigenvalue weighted by Gasteiger charge is -2.25. The Hall–Kier alpha value is -3.52. The lowest BCUT2D eigenvalue weighted by molar-refractivity contribution is 0.0996. The van der Waals surface area contributed by atoms with E-state index in [1.165, 1.54) is 41.6 Å². The summed E-state index contributed by atoms with van der Waals surface area (Å²) in [5, 5.41) is 3.31. The monoisotopic (exact) mass is 472 g/mol. The first kappa shape index (κ1) is 23.2. The predicted octanol–water partition coefficient (Wildman–Crippen LogP) is 3.71. The molecule has 1 aliphatic heterocycles. The molecule has 0 bridgehead atoms. The largest absolute Gasteiger partial charge is 0.354 e. The third kappa shape index (κ3) is 4.71. The van der Waals surface area contributed by atoms with Gasteiger partial charge < -0.3 is 11.1 Å². The Morgan fingerprint density at radius 1 is 1.09 bits per heavy atom. The van der Waals surface area contributed by atoms with Crippen molar-refractivity contribution in [3.63, 3.8) is 0 Å². The van der Waals surface area contributed by atoms with Crippen LogP contribution in [0.25, 0.3) is 11.3 Å². The minimum absolute atomic E-state index is 0.0197. The fourth-order valence-corrected chi connectivity index (χ4v) is 5.29. The van der Waals surface area contributed by atoms with Gasteiger partial charge in [-0.05, 0) is 36.1 Å². The SMILES string of the molecule is Cn1c(NCC(N)CC2CCCCC2)nc(-c2ccncc2)c(N2Cc3ccccc3C2=O)c1=O. The van der Waals surface area contributed by atoms with Gasteiger partial charge in [0.05, 0.1) is 6.54 Å². The second kappa shape index (κ2) is 10.00. The summed E-state index contributed by atoms with van der Waals surface area (Å²) < 4.78 is 1.48. The van der Waals surface area contributed by atoms with Crippen LogP contribution in [-0.2, 0) is 13.6 Å². The quantitative estimate of drug-likeness (QED) is 0.543. The van der Waals surface area contributed by atoms with Crippen LogP contribution in [0.15, 0.2) is 53.6 Å². The van der Waals surface area contributed by atoms with E-state index in [4.69, 9.17) is 10.7 Å². The van der Waals surface area contributed by atoms with E-state index in [1.807, 2.05) is 18.2 Å². The second-order valence-corrected chi connectivity index (χ2v) is 9.66. The van der Waals surface area contributed by atoms with Gasteiger partial charge >= 0.3 is 0 Å². The van der Waals surface area contributed by atoms with E-state index >= 15 is 0 Å². The van der Waals surface area contributed by atoms with Crippen molar-refractivity contribution in [3.05, 3.63) is 70.3 Å². The van der Waals surface area contributed by atoms with Crippen molar-refractivity contribution >= 4 is 17.5 Å². The van der Waals surface area contributed by atoms with Gasteiger partial charge in [0.2, 0.25) is 5.95 Å². The Morgan fingerprint density at radius 2 is 1.83 bits per heavy atom. The van der Waals surface area contributed by atoms with Gasteiger partial charge in [-0.25, -0.2) is 4.98 Å². The fourth-order valence-electron chi connectivity index (χ4n) is 5.29. The normalized spacial score (nSPS) is 16.9. The minimum Gasteiger partial charge on any atom is -0.354 e. The van der Waals surface area contributed by atoms with E-state index in [1.54, 1.807) is 37.6 Å². The minimum atomic E-state index is -0.281. The maximum Gasteiger partial charge on any atom is 0.279 e. The summed E-state index contributed by atoms with van der Waals surface area (Å²) in [6, 6.07) is 11.0. The number of carbonyl (C=O) groups is 1. The highest BCUT2D eigenvalue weighted by molar-refractivity contribution is 6.11. The van der Waals surface area contributed by atoms with Crippen molar-refractivity contribution in [3.8, 4) is 11.3 Å². The van der Waals surface area contributed by atoms with Gasteiger partial charge in [0.1, 0.15) is 11.4 Å². The Kier molecular flexibility index (Phi) is 6.63. The number of carbonyl (C=O) groups excluding carboxylic acids is 1. The summed E-state index contributed by atoms with van der Waals surface area (Å²) >= 11 is 0. The molecule has 1 atom stereocenters. The molecule has 35 heavy (non-hydrogen) atoms. The number of nitrogens with zero attached hydrogens (tertiary/aromatic N) is 4. The average molecular weight is 473 g/mol. The van der Waals surface area contributed by atoms with Crippen LogP contribution in [0.1, 0.15) is 54.4 Å². The molecule has 2 aliphatic rings. The number of fused-ring (bicyclic) bond motifs is 1. The highest BCUT2D eigenvalue weighted by Gasteiger charge is 2.33. The second-order valence-electron chi connectivity index (χ2n) is 9.66. The molecule has 1 aliphatic carbocycles. The topological polar surface area (TPSA) is 106 Å². The van der Waals surface area contributed by atoms with Gasteiger partial charge in [0.25, 0.3) is 11.5 Å². The first-order chi connectivity index (χ1) is 17.0. The number of anilines is 2. The standard InChI is InChI=1S/C27H32N6O2/c1-32-26(35)24(33-17-20-9-5-6-10-22(20)25(33)34)23(19-11-13-29-14-12-19)31-27(32)30-16-21(28)15-18-7-3-2-4-8-18/h5-6,9-14,18,21H,2-4,7-8,15-17,28H2,1H3,(H,30,31). The van der Waals surface area contributed by atoms with Crippen LogP contribution < -0.4 is 21.5 Å². The summed E-state index contributed by atoms with van der Waals surface area (Å²) in [6.07, 6.45) is 10.7. The van der Waals surface area contributed by atoms with Crippen LogP contribution in [0.2, 0.25) is 0 Å². The number of aromatic nitrogens is 3. The molecule has 0 saturated heterocycles. The van der Waals surface area contributed by atoms with E-state index in [9.17, 15) is 9.59 Å². The van der Waals surface area contributed by atoms with Crippen LogP contribution in [-0.4, -0.2) is 33.0 Å². The molecule has 3 N–H and O–H groups in total. The van der Waals surface area contributed by atoms with Gasteiger partial charge in [0, 0.05) is 43.2 Å². The molecular formula is C27H32N6O2. The molecule has 8 nitrogen and oxygen atoms in total. The first-order valence-electron chi connectivity index (χ1n) is 12.4. The Balaban J connectivity index is 1.46. The maximum absolute atomic E-state index is 13.7. The Labute approximate surface area is 205 Å². The lowest BCUT2D eigenvalue weighted by atomic mass is 9.85. The van der Waals surface area contributed by atoms with Gasteiger partial charge in [-0.3, -0.25) is 24.0 Å². The van der Waals surface area contributed by atoms with E-state index < -0.39 is 0 Å². The molecule has 2 aromatic heterocycles. The number of hydrogen-bond donors (Lipinski definition) is 2. The lowest BCUT2D eigenvalue weighted by Crippen LogP contribution is -2.36. The van der Waals surface area contributed by atoms with Crippen LogP contribution in [0.4, 0.5) is 11.6 Å². The van der Waals surface area contributed by atoms with Crippen molar-refractivity contribution in [1.82, 2.24) is 14.5 Å². The molecule has 1 aromatic carbocycles. The molecule has 1 saturated carbocycles. The molecule has 1 fully saturated rings.